The lowest BCUT2D eigenvalue weighted by molar-refractivity contribution is -0.163. The van der Waals surface area contributed by atoms with Crippen LogP contribution in [0.25, 0.3) is 0 Å². The van der Waals surface area contributed by atoms with E-state index in [4.69, 9.17) is 5.11 Å². The quantitative estimate of drug-likeness (QED) is 0.771. The zero-order chi connectivity index (χ0) is 11.4. The van der Waals surface area contributed by atoms with Crippen molar-refractivity contribution in [1.29, 1.82) is 0 Å². The van der Waals surface area contributed by atoms with Gasteiger partial charge in [0.2, 0.25) is 6.10 Å². The summed E-state index contributed by atoms with van der Waals surface area (Å²) in [5.74, 6) is -2.48. The summed E-state index contributed by atoms with van der Waals surface area (Å²) in [4.78, 5) is 21.4. The standard InChI is InChI=1S/C10H9FO4/c1-6(12)15-9(10(13)14)7-2-4-8(11)5-3-7/h2-5,9H,1H3,(H,13,14). The normalized spacial score (nSPS) is 11.9. The van der Waals surface area contributed by atoms with Crippen molar-refractivity contribution in [3.8, 4) is 0 Å². The van der Waals surface area contributed by atoms with E-state index in [9.17, 15) is 14.0 Å². The van der Waals surface area contributed by atoms with Gasteiger partial charge in [-0.1, -0.05) is 12.1 Å². The molecule has 0 saturated carbocycles. The van der Waals surface area contributed by atoms with Crippen LogP contribution >= 0.6 is 0 Å². The fourth-order valence-electron chi connectivity index (χ4n) is 1.06. The van der Waals surface area contributed by atoms with Gasteiger partial charge in [-0.15, -0.1) is 0 Å². The molecular formula is C10H9FO4. The molecule has 0 amide bonds. The Labute approximate surface area is 85.3 Å². The van der Waals surface area contributed by atoms with Gasteiger partial charge in [-0.05, 0) is 12.1 Å². The highest BCUT2D eigenvalue weighted by Crippen LogP contribution is 2.18. The first kappa shape index (κ1) is 11.2. The van der Waals surface area contributed by atoms with Crippen molar-refractivity contribution in [2.75, 3.05) is 0 Å². The first-order valence-electron chi connectivity index (χ1n) is 4.16. The Bertz CT molecular complexity index is 372. The third-order valence-electron chi connectivity index (χ3n) is 1.68. The predicted molar refractivity (Wildman–Crippen MR) is 48.5 cm³/mol. The number of ether oxygens (including phenoxy) is 1. The SMILES string of the molecule is CC(=O)OC(C(=O)O)c1ccc(F)cc1. The largest absolute Gasteiger partial charge is 0.478 e. The number of esters is 1. The van der Waals surface area contributed by atoms with Gasteiger partial charge in [0.05, 0.1) is 0 Å². The lowest BCUT2D eigenvalue weighted by Gasteiger charge is -2.12. The lowest BCUT2D eigenvalue weighted by atomic mass is 10.1. The molecule has 4 nitrogen and oxygen atoms in total. The summed E-state index contributed by atoms with van der Waals surface area (Å²) in [7, 11) is 0. The summed E-state index contributed by atoms with van der Waals surface area (Å²) in [5.41, 5.74) is 0.221. The van der Waals surface area contributed by atoms with E-state index in [0.29, 0.717) is 0 Å². The van der Waals surface area contributed by atoms with Gasteiger partial charge in [0.15, 0.2) is 0 Å². The highest BCUT2D eigenvalue weighted by atomic mass is 19.1. The summed E-state index contributed by atoms with van der Waals surface area (Å²) in [6, 6.07) is 4.73. The van der Waals surface area contributed by atoms with Crippen LogP contribution in [-0.2, 0) is 14.3 Å². The molecule has 5 heteroatoms. The number of carboxylic acids is 1. The molecular weight excluding hydrogens is 203 g/mol. The molecule has 0 aliphatic carbocycles. The van der Waals surface area contributed by atoms with E-state index in [1.54, 1.807) is 0 Å². The Hall–Kier alpha value is -1.91. The van der Waals surface area contributed by atoms with Gasteiger partial charge in [0, 0.05) is 12.5 Å². The first-order chi connectivity index (χ1) is 7.00. The van der Waals surface area contributed by atoms with Crippen LogP contribution in [0.15, 0.2) is 24.3 Å². The van der Waals surface area contributed by atoms with Crippen LogP contribution < -0.4 is 0 Å². The average Bonchev–Trinajstić information content (AvgIpc) is 2.15. The highest BCUT2D eigenvalue weighted by molar-refractivity contribution is 5.78. The number of aliphatic carboxylic acids is 1. The second-order valence-corrected chi connectivity index (χ2v) is 2.88. The van der Waals surface area contributed by atoms with Crippen molar-refractivity contribution in [2.24, 2.45) is 0 Å². The van der Waals surface area contributed by atoms with E-state index in [1.807, 2.05) is 0 Å². The zero-order valence-corrected chi connectivity index (χ0v) is 7.94. The number of carbonyl (C=O) groups is 2. The Morgan fingerprint density at radius 2 is 1.87 bits per heavy atom. The number of rotatable bonds is 3. The number of carboxylic acid groups (broad SMARTS) is 1. The average molecular weight is 212 g/mol. The molecule has 0 aromatic heterocycles. The van der Waals surface area contributed by atoms with Crippen molar-refractivity contribution in [2.45, 2.75) is 13.0 Å². The smallest absolute Gasteiger partial charge is 0.349 e. The van der Waals surface area contributed by atoms with Gasteiger partial charge in [-0.25, -0.2) is 9.18 Å². The van der Waals surface area contributed by atoms with Crippen LogP contribution in [0, 0.1) is 5.82 Å². The second-order valence-electron chi connectivity index (χ2n) is 2.88. The zero-order valence-electron chi connectivity index (χ0n) is 7.94. The maximum Gasteiger partial charge on any atom is 0.349 e. The Morgan fingerprint density at radius 3 is 2.27 bits per heavy atom. The monoisotopic (exact) mass is 212 g/mol. The Morgan fingerprint density at radius 1 is 1.33 bits per heavy atom. The molecule has 0 spiro atoms. The van der Waals surface area contributed by atoms with Crippen LogP contribution in [0.4, 0.5) is 4.39 Å². The maximum atomic E-state index is 12.6. The second kappa shape index (κ2) is 4.54. The molecule has 1 aromatic rings. The topological polar surface area (TPSA) is 63.6 Å². The van der Waals surface area contributed by atoms with Crippen molar-refractivity contribution < 1.29 is 23.8 Å². The molecule has 1 rings (SSSR count). The molecule has 15 heavy (non-hydrogen) atoms. The minimum atomic E-state index is -1.39. The first-order valence-corrected chi connectivity index (χ1v) is 4.16. The van der Waals surface area contributed by atoms with Gasteiger partial charge in [0.25, 0.3) is 0 Å². The molecule has 0 radical (unpaired) electrons. The predicted octanol–water partition coefficient (Wildman–Crippen LogP) is 1.51. The Balaban J connectivity index is 2.94. The molecule has 0 bridgehead atoms. The van der Waals surface area contributed by atoms with Gasteiger partial charge >= 0.3 is 11.9 Å². The van der Waals surface area contributed by atoms with Gasteiger partial charge in [-0.2, -0.15) is 0 Å². The van der Waals surface area contributed by atoms with E-state index >= 15 is 0 Å². The number of benzene rings is 1. The minimum absolute atomic E-state index is 0.221. The van der Waals surface area contributed by atoms with E-state index in [0.717, 1.165) is 19.1 Å². The van der Waals surface area contributed by atoms with Crippen LogP contribution in [0.2, 0.25) is 0 Å². The molecule has 0 saturated heterocycles. The maximum absolute atomic E-state index is 12.6. The fourth-order valence-corrected chi connectivity index (χ4v) is 1.06. The minimum Gasteiger partial charge on any atom is -0.478 e. The van der Waals surface area contributed by atoms with Crippen molar-refractivity contribution >= 4 is 11.9 Å². The molecule has 1 atom stereocenters. The summed E-state index contributed by atoms with van der Waals surface area (Å²) in [6.07, 6.45) is -1.39. The van der Waals surface area contributed by atoms with Crippen molar-refractivity contribution in [1.82, 2.24) is 0 Å². The van der Waals surface area contributed by atoms with Crippen LogP contribution in [0.1, 0.15) is 18.6 Å². The lowest BCUT2D eigenvalue weighted by Crippen LogP contribution is -2.17. The van der Waals surface area contributed by atoms with E-state index < -0.39 is 23.9 Å². The number of hydrogen-bond acceptors (Lipinski definition) is 3. The molecule has 0 aliphatic heterocycles. The Kier molecular flexibility index (Phi) is 3.38. The number of carbonyl (C=O) groups excluding carboxylic acids is 1. The van der Waals surface area contributed by atoms with Crippen molar-refractivity contribution in [3.05, 3.63) is 35.6 Å². The number of hydrogen-bond donors (Lipinski definition) is 1. The van der Waals surface area contributed by atoms with E-state index in [-0.39, 0.29) is 5.56 Å². The molecule has 0 aliphatic rings. The summed E-state index contributed by atoms with van der Waals surface area (Å²) >= 11 is 0. The molecule has 1 unspecified atom stereocenters. The third kappa shape index (κ3) is 3.05. The third-order valence-corrected chi connectivity index (χ3v) is 1.68. The van der Waals surface area contributed by atoms with Crippen LogP contribution in [0.3, 0.4) is 0 Å². The van der Waals surface area contributed by atoms with Gasteiger partial charge in [-0.3, -0.25) is 4.79 Å². The summed E-state index contributed by atoms with van der Waals surface area (Å²) in [5, 5.41) is 8.77. The molecule has 1 aromatic carbocycles. The van der Waals surface area contributed by atoms with Crippen LogP contribution in [-0.4, -0.2) is 17.0 Å². The van der Waals surface area contributed by atoms with Crippen molar-refractivity contribution in [3.63, 3.8) is 0 Å². The summed E-state index contributed by atoms with van der Waals surface area (Å²) < 4.78 is 17.1. The fraction of sp³-hybridized carbons (Fsp3) is 0.200. The van der Waals surface area contributed by atoms with Crippen LogP contribution in [0.5, 0.6) is 0 Å². The highest BCUT2D eigenvalue weighted by Gasteiger charge is 2.22. The van der Waals surface area contributed by atoms with E-state index in [2.05, 4.69) is 4.74 Å². The molecule has 80 valence electrons. The molecule has 0 heterocycles. The molecule has 0 fully saturated rings. The van der Waals surface area contributed by atoms with Gasteiger partial charge < -0.3 is 9.84 Å². The van der Waals surface area contributed by atoms with Gasteiger partial charge in [0.1, 0.15) is 5.82 Å². The summed E-state index contributed by atoms with van der Waals surface area (Å²) in [6.45, 7) is 1.11. The molecule has 1 N–H and O–H groups in total. The van der Waals surface area contributed by atoms with E-state index in [1.165, 1.54) is 12.1 Å². The number of halogens is 1.